The molecule has 3 aromatic rings. The lowest BCUT2D eigenvalue weighted by atomic mass is 10.2. The fourth-order valence-corrected chi connectivity index (χ4v) is 2.09. The van der Waals surface area contributed by atoms with Crippen molar-refractivity contribution in [3.8, 4) is 5.75 Å². The Morgan fingerprint density at radius 1 is 1.17 bits per heavy atom. The summed E-state index contributed by atoms with van der Waals surface area (Å²) in [5.74, 6) is -1.15. The summed E-state index contributed by atoms with van der Waals surface area (Å²) >= 11 is 0. The number of aromatic nitrogens is 2. The quantitative estimate of drug-likeness (QED) is 0.710. The van der Waals surface area contributed by atoms with Crippen molar-refractivity contribution in [1.82, 2.24) is 9.97 Å². The second kappa shape index (κ2) is 6.43. The molecule has 0 amide bonds. The van der Waals surface area contributed by atoms with Crippen LogP contribution in [0.2, 0.25) is 0 Å². The molecule has 0 fully saturated rings. The molecular weight excluding hydrogens is 304 g/mol. The van der Waals surface area contributed by atoms with Gasteiger partial charge in [-0.15, -0.1) is 0 Å². The molecule has 0 atom stereocenters. The normalized spacial score (nSPS) is 10.7. The summed E-state index contributed by atoms with van der Waals surface area (Å²) in [7, 11) is 0. The molecule has 0 unspecified atom stereocenters. The first-order valence-electron chi connectivity index (χ1n) is 6.94. The summed E-state index contributed by atoms with van der Waals surface area (Å²) in [6.07, 6.45) is 0. The zero-order valence-electron chi connectivity index (χ0n) is 12.0. The van der Waals surface area contributed by atoms with Gasteiger partial charge in [0, 0.05) is 6.07 Å². The second-order valence-electron chi connectivity index (χ2n) is 4.78. The molecule has 0 radical (unpaired) electrons. The molecule has 118 valence electrons. The predicted octanol–water partition coefficient (Wildman–Crippen LogP) is 2.69. The van der Waals surface area contributed by atoms with Gasteiger partial charge in [-0.25, -0.2) is 13.8 Å². The fraction of sp³-hybridized carbons (Fsp3) is 0.125. The predicted molar refractivity (Wildman–Crippen MR) is 82.7 cm³/mol. The molecule has 7 heteroatoms. The molecule has 1 heterocycles. The third kappa shape index (κ3) is 3.45. The van der Waals surface area contributed by atoms with Gasteiger partial charge in [-0.05, 0) is 24.3 Å². The molecule has 1 aromatic heterocycles. The standard InChI is InChI=1S/C16H13F2N3O2/c17-10-5-6-14(12(18)9-10)23-8-7-19-16-20-13-4-2-1-3-11(13)15(22)21-16/h1-6,9H,7-8H2,(H2,19,20,21,22). The minimum atomic E-state index is -0.762. The molecule has 0 saturated carbocycles. The molecule has 0 saturated heterocycles. The van der Waals surface area contributed by atoms with Crippen LogP contribution in [0.5, 0.6) is 5.75 Å². The summed E-state index contributed by atoms with van der Waals surface area (Å²) in [4.78, 5) is 18.8. The number of nitrogens with zero attached hydrogens (tertiary/aromatic N) is 1. The smallest absolute Gasteiger partial charge is 0.260 e. The van der Waals surface area contributed by atoms with Crippen LogP contribution in [0.25, 0.3) is 10.9 Å². The van der Waals surface area contributed by atoms with E-state index in [1.807, 2.05) is 0 Å². The average molecular weight is 317 g/mol. The number of para-hydroxylation sites is 1. The molecular formula is C16H13F2N3O2. The fourth-order valence-electron chi connectivity index (χ4n) is 2.09. The van der Waals surface area contributed by atoms with E-state index < -0.39 is 11.6 Å². The van der Waals surface area contributed by atoms with Crippen molar-refractivity contribution in [2.75, 3.05) is 18.5 Å². The van der Waals surface area contributed by atoms with Crippen LogP contribution in [-0.2, 0) is 0 Å². The molecule has 2 aromatic carbocycles. The molecule has 23 heavy (non-hydrogen) atoms. The minimum Gasteiger partial charge on any atom is -0.489 e. The largest absolute Gasteiger partial charge is 0.489 e. The highest BCUT2D eigenvalue weighted by atomic mass is 19.1. The Hall–Kier alpha value is -2.96. The van der Waals surface area contributed by atoms with Gasteiger partial charge in [-0.2, -0.15) is 0 Å². The van der Waals surface area contributed by atoms with E-state index in [2.05, 4.69) is 15.3 Å². The maximum Gasteiger partial charge on any atom is 0.260 e. The summed E-state index contributed by atoms with van der Waals surface area (Å²) in [6, 6.07) is 10.1. The summed E-state index contributed by atoms with van der Waals surface area (Å²) in [5, 5.41) is 3.39. The maximum absolute atomic E-state index is 13.4. The van der Waals surface area contributed by atoms with E-state index in [0.717, 1.165) is 12.1 Å². The van der Waals surface area contributed by atoms with Crippen molar-refractivity contribution in [2.45, 2.75) is 0 Å². The van der Waals surface area contributed by atoms with Crippen LogP contribution in [0, 0.1) is 11.6 Å². The topological polar surface area (TPSA) is 67.0 Å². The van der Waals surface area contributed by atoms with Gasteiger partial charge in [0.2, 0.25) is 5.95 Å². The van der Waals surface area contributed by atoms with E-state index >= 15 is 0 Å². The molecule has 0 aliphatic carbocycles. The minimum absolute atomic E-state index is 0.0341. The van der Waals surface area contributed by atoms with Crippen molar-refractivity contribution in [3.05, 3.63) is 64.5 Å². The van der Waals surface area contributed by atoms with Gasteiger partial charge >= 0.3 is 0 Å². The van der Waals surface area contributed by atoms with Gasteiger partial charge in [-0.3, -0.25) is 9.78 Å². The van der Waals surface area contributed by atoms with Crippen LogP contribution in [0.15, 0.2) is 47.3 Å². The van der Waals surface area contributed by atoms with Crippen LogP contribution in [0.1, 0.15) is 0 Å². The molecule has 0 aliphatic heterocycles. The Bertz CT molecular complexity index is 896. The number of fused-ring (bicyclic) bond motifs is 1. The van der Waals surface area contributed by atoms with E-state index in [4.69, 9.17) is 4.74 Å². The van der Waals surface area contributed by atoms with Crippen molar-refractivity contribution in [2.24, 2.45) is 0 Å². The summed E-state index contributed by atoms with van der Waals surface area (Å²) in [5.41, 5.74) is 0.327. The summed E-state index contributed by atoms with van der Waals surface area (Å²) in [6.45, 7) is 0.414. The van der Waals surface area contributed by atoms with Gasteiger partial charge in [0.1, 0.15) is 12.4 Å². The van der Waals surface area contributed by atoms with E-state index in [1.54, 1.807) is 24.3 Å². The van der Waals surface area contributed by atoms with Crippen molar-refractivity contribution >= 4 is 16.9 Å². The zero-order valence-corrected chi connectivity index (χ0v) is 12.0. The lowest BCUT2D eigenvalue weighted by Gasteiger charge is -2.09. The summed E-state index contributed by atoms with van der Waals surface area (Å²) < 4.78 is 31.4. The number of ether oxygens (including phenoxy) is 1. The molecule has 0 aliphatic rings. The lowest BCUT2D eigenvalue weighted by Crippen LogP contribution is -2.17. The maximum atomic E-state index is 13.4. The van der Waals surface area contributed by atoms with Crippen LogP contribution in [0.4, 0.5) is 14.7 Å². The average Bonchev–Trinajstić information content (AvgIpc) is 2.53. The molecule has 0 bridgehead atoms. The molecule has 3 rings (SSSR count). The number of hydrogen-bond acceptors (Lipinski definition) is 4. The van der Waals surface area contributed by atoms with Gasteiger partial charge in [0.15, 0.2) is 11.6 Å². The molecule has 2 N–H and O–H groups in total. The highest BCUT2D eigenvalue weighted by molar-refractivity contribution is 5.78. The number of aromatic amines is 1. The Balaban J connectivity index is 1.61. The van der Waals surface area contributed by atoms with E-state index in [-0.39, 0.29) is 24.5 Å². The lowest BCUT2D eigenvalue weighted by molar-refractivity contribution is 0.313. The van der Waals surface area contributed by atoms with Crippen LogP contribution >= 0.6 is 0 Å². The zero-order chi connectivity index (χ0) is 16.2. The van der Waals surface area contributed by atoms with Crippen molar-refractivity contribution in [3.63, 3.8) is 0 Å². The third-order valence-electron chi connectivity index (χ3n) is 3.16. The third-order valence-corrected chi connectivity index (χ3v) is 3.16. The Morgan fingerprint density at radius 2 is 2.00 bits per heavy atom. The van der Waals surface area contributed by atoms with Gasteiger partial charge in [0.25, 0.3) is 5.56 Å². The van der Waals surface area contributed by atoms with Crippen LogP contribution < -0.4 is 15.6 Å². The Kier molecular flexibility index (Phi) is 4.18. The first-order valence-corrected chi connectivity index (χ1v) is 6.94. The number of nitrogens with one attached hydrogen (secondary N) is 2. The van der Waals surface area contributed by atoms with Crippen LogP contribution in [0.3, 0.4) is 0 Å². The van der Waals surface area contributed by atoms with E-state index in [0.29, 0.717) is 16.9 Å². The number of anilines is 1. The van der Waals surface area contributed by atoms with Gasteiger partial charge in [-0.1, -0.05) is 12.1 Å². The highest BCUT2D eigenvalue weighted by Crippen LogP contribution is 2.17. The number of benzene rings is 2. The van der Waals surface area contributed by atoms with E-state index in [1.165, 1.54) is 6.07 Å². The monoisotopic (exact) mass is 317 g/mol. The Labute approximate surface area is 129 Å². The van der Waals surface area contributed by atoms with Crippen molar-refractivity contribution in [1.29, 1.82) is 0 Å². The molecule has 0 spiro atoms. The van der Waals surface area contributed by atoms with Crippen molar-refractivity contribution < 1.29 is 13.5 Å². The van der Waals surface area contributed by atoms with Gasteiger partial charge in [0.05, 0.1) is 17.4 Å². The number of halogens is 2. The SMILES string of the molecule is O=c1[nH]c(NCCOc2ccc(F)cc2F)nc2ccccc12. The Morgan fingerprint density at radius 3 is 2.83 bits per heavy atom. The highest BCUT2D eigenvalue weighted by Gasteiger charge is 2.05. The number of rotatable bonds is 5. The van der Waals surface area contributed by atoms with Crippen LogP contribution in [-0.4, -0.2) is 23.1 Å². The molecule has 5 nitrogen and oxygen atoms in total. The van der Waals surface area contributed by atoms with E-state index in [9.17, 15) is 13.6 Å². The first kappa shape index (κ1) is 15.0. The number of hydrogen-bond donors (Lipinski definition) is 2. The number of H-pyrrole nitrogens is 1. The second-order valence-corrected chi connectivity index (χ2v) is 4.78. The van der Waals surface area contributed by atoms with Gasteiger partial charge < -0.3 is 10.1 Å². The first-order chi connectivity index (χ1) is 11.1.